The maximum absolute atomic E-state index is 15.6. The van der Waals surface area contributed by atoms with Gasteiger partial charge < -0.3 is 26.2 Å². The molecule has 4 N–H and O–H groups in total. The van der Waals surface area contributed by atoms with Crippen LogP contribution in [0.2, 0.25) is 0 Å². The molecule has 0 radical (unpaired) electrons. The van der Waals surface area contributed by atoms with Gasteiger partial charge in [-0.3, -0.25) is 24.0 Å². The van der Waals surface area contributed by atoms with E-state index in [0.717, 1.165) is 11.3 Å². The second kappa shape index (κ2) is 20.1. The van der Waals surface area contributed by atoms with Crippen molar-refractivity contribution in [3.63, 3.8) is 0 Å². The van der Waals surface area contributed by atoms with Gasteiger partial charge in [0.25, 0.3) is 17.7 Å². The highest BCUT2D eigenvalue weighted by Crippen LogP contribution is 2.51. The number of benzene rings is 7. The summed E-state index contributed by atoms with van der Waals surface area (Å²) < 4.78 is 208. The standard InChI is InChI=1S/C54H33F14N5O5/c1-22-19-25(11-18-34(22)69-3)52(31-7-5-6-8-35(31)73(4)51(52)78)24-9-12-26(13-10-24)70-48(75)38-44(59)46(61)39(47(62)45(38)60)50(77)72-28-15-17-30(33(21-28)54(66,67)68)29-16-14-27(20-32(29)53(63,64)65)71-49(76)37-42(57)40(55)36(23(2)74)41(56)43(37)58/h5-21,69H,1-4H3,(H,70,75)(H,71,76)(H,72,77). The van der Waals surface area contributed by atoms with E-state index in [4.69, 9.17) is 0 Å². The summed E-state index contributed by atoms with van der Waals surface area (Å²) in [7, 11) is 3.30. The Morgan fingerprint density at radius 1 is 0.500 bits per heavy atom. The predicted octanol–water partition coefficient (Wildman–Crippen LogP) is 13.1. The van der Waals surface area contributed by atoms with E-state index in [0.29, 0.717) is 53.6 Å². The summed E-state index contributed by atoms with van der Waals surface area (Å²) in [6, 6.07) is 19.2. The summed E-state index contributed by atoms with van der Waals surface area (Å²) >= 11 is 0. The minimum Gasteiger partial charge on any atom is -0.388 e. The molecule has 4 amide bonds. The predicted molar refractivity (Wildman–Crippen MR) is 255 cm³/mol. The van der Waals surface area contributed by atoms with Gasteiger partial charge in [0.15, 0.2) is 52.3 Å². The van der Waals surface area contributed by atoms with Gasteiger partial charge in [-0.05, 0) is 90.2 Å². The third-order valence-electron chi connectivity index (χ3n) is 12.8. The first-order chi connectivity index (χ1) is 36.5. The highest BCUT2D eigenvalue weighted by molar-refractivity contribution is 6.13. The highest BCUT2D eigenvalue weighted by atomic mass is 19.4. The summed E-state index contributed by atoms with van der Waals surface area (Å²) in [6.45, 7) is 2.35. The second-order valence-electron chi connectivity index (χ2n) is 17.4. The molecule has 24 heteroatoms. The number of nitrogens with one attached hydrogen (secondary N) is 4. The molecule has 0 bridgehead atoms. The molecule has 8 rings (SSSR count). The molecule has 7 aromatic carbocycles. The van der Waals surface area contributed by atoms with E-state index in [-0.39, 0.29) is 23.7 Å². The van der Waals surface area contributed by atoms with Crippen molar-refractivity contribution in [2.75, 3.05) is 40.3 Å². The normalized spacial score (nSPS) is 14.3. The Morgan fingerprint density at radius 3 is 1.28 bits per heavy atom. The summed E-state index contributed by atoms with van der Waals surface area (Å²) in [5.74, 6) is -27.2. The molecule has 78 heavy (non-hydrogen) atoms. The summed E-state index contributed by atoms with van der Waals surface area (Å²) in [5.41, 5.74) is -14.4. The molecule has 1 unspecified atom stereocenters. The van der Waals surface area contributed by atoms with E-state index in [9.17, 15) is 67.9 Å². The van der Waals surface area contributed by atoms with Crippen molar-refractivity contribution in [2.45, 2.75) is 31.6 Å². The Kier molecular flexibility index (Phi) is 14.2. The first-order valence-electron chi connectivity index (χ1n) is 22.4. The van der Waals surface area contributed by atoms with Crippen LogP contribution >= 0.6 is 0 Å². The number of hydrogen-bond acceptors (Lipinski definition) is 6. The maximum Gasteiger partial charge on any atom is 0.417 e. The fourth-order valence-corrected chi connectivity index (χ4v) is 9.20. The number of halogens is 14. The van der Waals surface area contributed by atoms with Crippen molar-refractivity contribution in [3.8, 4) is 11.1 Å². The zero-order valence-corrected chi connectivity index (χ0v) is 40.1. The van der Waals surface area contributed by atoms with Crippen molar-refractivity contribution in [2.24, 2.45) is 0 Å². The zero-order valence-electron chi connectivity index (χ0n) is 40.1. The van der Waals surface area contributed by atoms with Gasteiger partial charge in [-0.1, -0.05) is 54.6 Å². The van der Waals surface area contributed by atoms with E-state index >= 15 is 17.6 Å². The number of anilines is 5. The summed E-state index contributed by atoms with van der Waals surface area (Å²) in [5, 5.41) is 8.24. The SMILES string of the molecule is CNc1ccc(C2(c3ccc(NC(=O)c4c(F)c(F)c(C(=O)Nc5ccc(-c6ccc(NC(=O)c7c(F)c(F)c(C(C)=O)c(F)c7F)cc6C(F)(F)F)c(C(F)(F)F)c5)c(F)c4F)cc3)C(=O)N(C)c3ccccc32)cc1C. The van der Waals surface area contributed by atoms with Crippen molar-refractivity contribution >= 4 is 57.8 Å². The largest absolute Gasteiger partial charge is 0.417 e. The number of para-hydroxylation sites is 1. The fourth-order valence-electron chi connectivity index (χ4n) is 9.20. The lowest BCUT2D eigenvalue weighted by molar-refractivity contribution is -0.139. The maximum atomic E-state index is 15.6. The van der Waals surface area contributed by atoms with Crippen LogP contribution in [-0.2, 0) is 22.6 Å². The molecule has 1 atom stereocenters. The van der Waals surface area contributed by atoms with Gasteiger partial charge >= 0.3 is 12.4 Å². The molecule has 1 aliphatic heterocycles. The van der Waals surface area contributed by atoms with Crippen LogP contribution in [0.5, 0.6) is 0 Å². The number of hydrogen-bond donors (Lipinski definition) is 4. The Bertz CT molecular complexity index is 3660. The van der Waals surface area contributed by atoms with E-state index in [1.165, 1.54) is 34.5 Å². The van der Waals surface area contributed by atoms with E-state index in [1.54, 1.807) is 55.8 Å². The Morgan fingerprint density at radius 2 is 0.885 bits per heavy atom. The van der Waals surface area contributed by atoms with Gasteiger partial charge in [0.2, 0.25) is 5.91 Å². The first kappa shape index (κ1) is 55.2. The van der Waals surface area contributed by atoms with Crippen molar-refractivity contribution < 1.29 is 85.4 Å². The fraction of sp³-hybridized carbons (Fsp3) is 0.130. The number of aryl methyl sites for hydroxylation is 1. The molecule has 0 aromatic heterocycles. The molecular weight excluding hydrogens is 1060 g/mol. The zero-order chi connectivity index (χ0) is 57.2. The molecule has 0 spiro atoms. The molecule has 402 valence electrons. The van der Waals surface area contributed by atoms with Crippen LogP contribution in [0.25, 0.3) is 11.1 Å². The van der Waals surface area contributed by atoms with Crippen LogP contribution in [-0.4, -0.2) is 43.5 Å². The minimum atomic E-state index is -5.62. The monoisotopic (exact) mass is 1100 g/mol. The average molecular weight is 1100 g/mol. The van der Waals surface area contributed by atoms with Gasteiger partial charge in [0.05, 0.1) is 16.7 Å². The lowest BCUT2D eigenvalue weighted by Gasteiger charge is -2.30. The quantitative estimate of drug-likeness (QED) is 0.0579. The molecule has 0 saturated carbocycles. The molecule has 10 nitrogen and oxygen atoms in total. The Labute approximate surface area is 430 Å². The topological polar surface area (TPSA) is 137 Å². The van der Waals surface area contributed by atoms with Crippen LogP contribution in [0.15, 0.2) is 103 Å². The smallest absolute Gasteiger partial charge is 0.388 e. The average Bonchev–Trinajstić information content (AvgIpc) is 3.63. The summed E-state index contributed by atoms with van der Waals surface area (Å²) in [6.07, 6.45) is -11.2. The third kappa shape index (κ3) is 9.29. The van der Waals surface area contributed by atoms with Crippen molar-refractivity contribution in [1.29, 1.82) is 0 Å². The van der Waals surface area contributed by atoms with Gasteiger partial charge in [0.1, 0.15) is 22.1 Å². The number of nitrogens with zero attached hydrogens (tertiary/aromatic N) is 1. The van der Waals surface area contributed by atoms with E-state index < -0.39 is 144 Å². The lowest BCUT2D eigenvalue weighted by atomic mass is 9.70. The van der Waals surface area contributed by atoms with Crippen molar-refractivity contribution in [3.05, 3.63) is 205 Å². The molecule has 7 aromatic rings. The van der Waals surface area contributed by atoms with Gasteiger partial charge in [-0.25, -0.2) is 35.1 Å². The van der Waals surface area contributed by atoms with Crippen LogP contribution in [0.1, 0.15) is 81.7 Å². The van der Waals surface area contributed by atoms with Gasteiger partial charge in [0, 0.05) is 48.1 Å². The number of amides is 4. The number of rotatable bonds is 11. The van der Waals surface area contributed by atoms with E-state index in [2.05, 4.69) is 10.6 Å². The van der Waals surface area contributed by atoms with Gasteiger partial charge in [-0.2, -0.15) is 26.3 Å². The Balaban J connectivity index is 1.06. The molecule has 0 saturated heterocycles. The third-order valence-corrected chi connectivity index (χ3v) is 12.8. The van der Waals surface area contributed by atoms with Crippen molar-refractivity contribution in [1.82, 2.24) is 0 Å². The Hall–Kier alpha value is -9.09. The lowest BCUT2D eigenvalue weighted by Crippen LogP contribution is -2.40. The first-order valence-corrected chi connectivity index (χ1v) is 22.4. The number of alkyl halides is 6. The van der Waals surface area contributed by atoms with E-state index in [1.807, 2.05) is 13.0 Å². The van der Waals surface area contributed by atoms with Crippen LogP contribution < -0.4 is 26.2 Å². The second-order valence-corrected chi connectivity index (χ2v) is 17.4. The minimum absolute atomic E-state index is 0.0240. The molecule has 1 heterocycles. The molecular formula is C54H33F14N5O5. The number of fused-ring (bicyclic) bond motifs is 1. The van der Waals surface area contributed by atoms with Crippen LogP contribution in [0, 0.1) is 53.5 Å². The summed E-state index contributed by atoms with van der Waals surface area (Å²) in [4.78, 5) is 66.5. The number of carbonyl (C=O) groups is 5. The molecule has 0 aliphatic carbocycles. The van der Waals surface area contributed by atoms with Crippen LogP contribution in [0.4, 0.5) is 89.9 Å². The van der Waals surface area contributed by atoms with Crippen LogP contribution in [0.3, 0.4) is 0 Å². The highest BCUT2D eigenvalue weighted by Gasteiger charge is 2.52. The number of ketones is 1. The number of likely N-dealkylation sites (N-methyl/N-ethyl adjacent to an activating group) is 1. The molecule has 1 aliphatic rings. The number of Topliss-reactive ketones (excluding diaryl/α,β-unsaturated/α-hetero) is 1. The molecule has 0 fully saturated rings. The number of carbonyl (C=O) groups excluding carboxylic acids is 5. The van der Waals surface area contributed by atoms with Gasteiger partial charge in [-0.15, -0.1) is 0 Å².